The Hall–Kier alpha value is -2.61. The van der Waals surface area contributed by atoms with Crippen LogP contribution in [-0.2, 0) is 21.5 Å². The van der Waals surface area contributed by atoms with Crippen LogP contribution in [0.25, 0.3) is 0 Å². The van der Waals surface area contributed by atoms with Gasteiger partial charge >= 0.3 is 0 Å². The Kier molecular flexibility index (Phi) is 5.21. The third-order valence-corrected chi connectivity index (χ3v) is 6.36. The number of anilines is 1. The first kappa shape index (κ1) is 19.7. The number of hydrogen-bond acceptors (Lipinski definition) is 7. The summed E-state index contributed by atoms with van der Waals surface area (Å²) >= 11 is 1.22. The Morgan fingerprint density at radius 3 is 2.83 bits per heavy atom. The van der Waals surface area contributed by atoms with Crippen LogP contribution in [0.1, 0.15) is 38.1 Å². The molecule has 0 unspecified atom stereocenters. The van der Waals surface area contributed by atoms with Gasteiger partial charge in [-0.25, -0.2) is 0 Å². The fourth-order valence-corrected chi connectivity index (χ4v) is 4.58. The first-order valence-electron chi connectivity index (χ1n) is 9.67. The number of carbonyl (C=O) groups is 2. The molecule has 1 aromatic carbocycles. The SMILES string of the molecule is CN1/C(=C/C(=O)CSc2nnc(CN3CCCC3=O)o2)C(C)(C)c2ccccc21. The van der Waals surface area contributed by atoms with Gasteiger partial charge in [-0.05, 0) is 18.1 Å². The summed E-state index contributed by atoms with van der Waals surface area (Å²) in [6.45, 7) is 5.32. The van der Waals surface area contributed by atoms with Crippen molar-refractivity contribution in [3.8, 4) is 0 Å². The third-order valence-electron chi connectivity index (χ3n) is 5.52. The van der Waals surface area contributed by atoms with Crippen molar-refractivity contribution in [3.63, 3.8) is 0 Å². The molecule has 8 heteroatoms. The molecule has 0 saturated carbocycles. The minimum absolute atomic E-state index is 0.00722. The maximum atomic E-state index is 12.6. The number of fused-ring (bicyclic) bond motifs is 1. The van der Waals surface area contributed by atoms with Crippen molar-refractivity contribution in [2.45, 2.75) is 43.9 Å². The maximum absolute atomic E-state index is 12.6. The van der Waals surface area contributed by atoms with E-state index in [1.807, 2.05) is 19.2 Å². The minimum atomic E-state index is -0.231. The molecular weight excluding hydrogens is 388 g/mol. The zero-order valence-corrected chi connectivity index (χ0v) is 17.7. The normalized spacial score (nSPS) is 19.3. The molecular formula is C21H24N4O3S. The number of allylic oxidation sites excluding steroid dienone is 2. The number of thioether (sulfide) groups is 1. The largest absolute Gasteiger partial charge is 0.414 e. The molecule has 3 heterocycles. The van der Waals surface area contributed by atoms with E-state index < -0.39 is 0 Å². The zero-order chi connectivity index (χ0) is 20.6. The van der Waals surface area contributed by atoms with Gasteiger partial charge in [0.1, 0.15) is 0 Å². The van der Waals surface area contributed by atoms with Gasteiger partial charge in [-0.1, -0.05) is 43.8 Å². The van der Waals surface area contributed by atoms with Crippen molar-refractivity contribution < 1.29 is 14.0 Å². The predicted molar refractivity (Wildman–Crippen MR) is 111 cm³/mol. The van der Waals surface area contributed by atoms with Gasteiger partial charge in [-0.15, -0.1) is 10.2 Å². The second kappa shape index (κ2) is 7.67. The molecule has 2 aliphatic heterocycles. The summed E-state index contributed by atoms with van der Waals surface area (Å²) in [7, 11) is 1.99. The number of likely N-dealkylation sites (N-methyl/N-ethyl adjacent to an activating group) is 1. The number of carbonyl (C=O) groups excluding carboxylic acids is 2. The van der Waals surface area contributed by atoms with E-state index in [0.717, 1.165) is 24.4 Å². The predicted octanol–water partition coefficient (Wildman–Crippen LogP) is 3.16. The van der Waals surface area contributed by atoms with Crippen LogP contribution in [0, 0.1) is 0 Å². The first-order chi connectivity index (χ1) is 13.9. The molecule has 0 radical (unpaired) electrons. The van der Waals surface area contributed by atoms with E-state index in [4.69, 9.17) is 4.42 Å². The van der Waals surface area contributed by atoms with Crippen molar-refractivity contribution in [2.75, 3.05) is 24.2 Å². The van der Waals surface area contributed by atoms with Crippen LogP contribution in [0.3, 0.4) is 0 Å². The van der Waals surface area contributed by atoms with Crippen LogP contribution in [0.4, 0.5) is 5.69 Å². The lowest BCUT2D eigenvalue weighted by molar-refractivity contribution is -0.128. The van der Waals surface area contributed by atoms with E-state index in [0.29, 0.717) is 24.1 Å². The highest BCUT2D eigenvalue weighted by Crippen LogP contribution is 2.46. The highest BCUT2D eigenvalue weighted by Gasteiger charge is 2.38. The monoisotopic (exact) mass is 412 g/mol. The van der Waals surface area contributed by atoms with Gasteiger partial charge in [0.2, 0.25) is 11.8 Å². The molecule has 0 aliphatic carbocycles. The fourth-order valence-electron chi connectivity index (χ4n) is 3.98. The molecule has 1 amide bonds. The van der Waals surface area contributed by atoms with Crippen LogP contribution in [0.2, 0.25) is 0 Å². The van der Waals surface area contributed by atoms with E-state index >= 15 is 0 Å². The second-order valence-corrected chi connectivity index (χ2v) is 8.79. The molecule has 2 aliphatic rings. The third kappa shape index (κ3) is 3.81. The number of aromatic nitrogens is 2. The van der Waals surface area contributed by atoms with Gasteiger partial charge in [0.05, 0.1) is 12.3 Å². The summed E-state index contributed by atoms with van der Waals surface area (Å²) in [6.07, 6.45) is 3.16. The molecule has 1 fully saturated rings. The van der Waals surface area contributed by atoms with E-state index in [1.165, 1.54) is 17.3 Å². The number of benzene rings is 1. The lowest BCUT2D eigenvalue weighted by Gasteiger charge is -2.23. The molecule has 0 bridgehead atoms. The number of ketones is 1. The Morgan fingerprint density at radius 2 is 2.10 bits per heavy atom. The number of amides is 1. The average Bonchev–Trinajstić information content (AvgIpc) is 3.37. The van der Waals surface area contributed by atoms with Crippen molar-refractivity contribution >= 4 is 29.1 Å². The summed E-state index contributed by atoms with van der Waals surface area (Å²) in [6, 6.07) is 8.21. The van der Waals surface area contributed by atoms with Crippen LogP contribution < -0.4 is 4.90 Å². The van der Waals surface area contributed by atoms with Crippen LogP contribution in [-0.4, -0.2) is 46.1 Å². The van der Waals surface area contributed by atoms with Gasteiger partial charge < -0.3 is 14.2 Å². The smallest absolute Gasteiger partial charge is 0.277 e. The van der Waals surface area contributed by atoms with Crippen molar-refractivity contribution in [1.82, 2.24) is 15.1 Å². The minimum Gasteiger partial charge on any atom is -0.414 e. The Bertz CT molecular complexity index is 982. The van der Waals surface area contributed by atoms with E-state index in [-0.39, 0.29) is 22.9 Å². The van der Waals surface area contributed by atoms with Gasteiger partial charge in [0.25, 0.3) is 5.22 Å². The standard InChI is InChI=1S/C21H24N4O3S/c1-21(2)15-7-4-5-8-16(15)24(3)17(21)11-14(26)13-29-20-23-22-18(28-20)12-25-10-6-9-19(25)27/h4-5,7-8,11H,6,9-10,12-13H2,1-3H3/b17-11+. The summed E-state index contributed by atoms with van der Waals surface area (Å²) < 4.78 is 5.59. The average molecular weight is 413 g/mol. The number of para-hydroxylation sites is 1. The number of likely N-dealkylation sites (tertiary alicyclic amines) is 1. The number of hydrogen-bond donors (Lipinski definition) is 0. The van der Waals surface area contributed by atoms with E-state index in [9.17, 15) is 9.59 Å². The molecule has 0 spiro atoms. The van der Waals surface area contributed by atoms with Crippen molar-refractivity contribution in [2.24, 2.45) is 0 Å². The lowest BCUT2D eigenvalue weighted by atomic mass is 9.83. The summed E-state index contributed by atoms with van der Waals surface area (Å²) in [4.78, 5) is 28.1. The van der Waals surface area contributed by atoms with Crippen LogP contribution >= 0.6 is 11.8 Å². The van der Waals surface area contributed by atoms with Gasteiger partial charge in [-0.3, -0.25) is 9.59 Å². The van der Waals surface area contributed by atoms with Gasteiger partial charge in [0, 0.05) is 42.9 Å². The van der Waals surface area contributed by atoms with Crippen molar-refractivity contribution in [1.29, 1.82) is 0 Å². The lowest BCUT2D eigenvalue weighted by Crippen LogP contribution is -2.24. The molecule has 1 saturated heterocycles. The second-order valence-electron chi connectivity index (χ2n) is 7.87. The molecule has 7 nitrogen and oxygen atoms in total. The summed E-state index contributed by atoms with van der Waals surface area (Å²) in [5, 5.41) is 8.33. The fraction of sp³-hybridized carbons (Fsp3) is 0.429. The van der Waals surface area contributed by atoms with Crippen LogP contribution in [0.5, 0.6) is 0 Å². The topological polar surface area (TPSA) is 79.5 Å². The Labute approximate surface area is 174 Å². The quantitative estimate of drug-likeness (QED) is 0.533. The highest BCUT2D eigenvalue weighted by atomic mass is 32.2. The summed E-state index contributed by atoms with van der Waals surface area (Å²) in [5.41, 5.74) is 3.09. The van der Waals surface area contributed by atoms with Gasteiger partial charge in [0.15, 0.2) is 5.78 Å². The summed E-state index contributed by atoms with van der Waals surface area (Å²) in [5.74, 6) is 0.727. The number of rotatable bonds is 6. The number of nitrogens with zero attached hydrogens (tertiary/aromatic N) is 4. The molecule has 1 aromatic heterocycles. The van der Waals surface area contributed by atoms with Crippen molar-refractivity contribution in [3.05, 3.63) is 47.5 Å². The van der Waals surface area contributed by atoms with E-state index in [1.54, 1.807) is 11.0 Å². The molecule has 4 rings (SSSR count). The molecule has 29 heavy (non-hydrogen) atoms. The van der Waals surface area contributed by atoms with Crippen LogP contribution in [0.15, 0.2) is 45.7 Å². The molecule has 0 atom stereocenters. The maximum Gasteiger partial charge on any atom is 0.277 e. The molecule has 0 N–H and O–H groups in total. The highest BCUT2D eigenvalue weighted by molar-refractivity contribution is 7.99. The van der Waals surface area contributed by atoms with E-state index in [2.05, 4.69) is 41.1 Å². The Morgan fingerprint density at radius 1 is 1.31 bits per heavy atom. The van der Waals surface area contributed by atoms with Gasteiger partial charge in [-0.2, -0.15) is 0 Å². The molecule has 152 valence electrons. The molecule has 2 aromatic rings. The first-order valence-corrected chi connectivity index (χ1v) is 10.7. The zero-order valence-electron chi connectivity index (χ0n) is 16.8. The Balaban J connectivity index is 1.39.